The van der Waals surface area contributed by atoms with Crippen LogP contribution in [0.1, 0.15) is 0 Å². The summed E-state index contributed by atoms with van der Waals surface area (Å²) in [6.45, 7) is 1.10. The number of hydrogen-bond acceptors (Lipinski definition) is 3. The fourth-order valence-electron chi connectivity index (χ4n) is 1.25. The molecule has 2 rings (SSSR count). The lowest BCUT2D eigenvalue weighted by Gasteiger charge is -2.06. The fourth-order valence-corrected chi connectivity index (χ4v) is 2.45. The molecule has 0 saturated heterocycles. The number of nitrogens with zero attached hydrogens (tertiary/aromatic N) is 3. The summed E-state index contributed by atoms with van der Waals surface area (Å²) < 4.78 is 8.46. The summed E-state index contributed by atoms with van der Waals surface area (Å²) >= 11 is 12.3. The van der Waals surface area contributed by atoms with E-state index >= 15 is 0 Å². The minimum Gasteiger partial charge on any atom is -0.492 e. The van der Waals surface area contributed by atoms with Gasteiger partial charge in [-0.2, -0.15) is 4.98 Å². The van der Waals surface area contributed by atoms with Gasteiger partial charge in [0.2, 0.25) is 4.73 Å². The molecule has 0 amide bonds. The Morgan fingerprint density at radius 3 is 2.82 bits per heavy atom. The van der Waals surface area contributed by atoms with Crippen molar-refractivity contribution in [2.24, 2.45) is 0 Å². The third kappa shape index (κ3) is 3.69. The highest BCUT2D eigenvalue weighted by Gasteiger charge is 2.04. The van der Waals surface area contributed by atoms with E-state index in [1.165, 1.54) is 0 Å². The molecule has 0 spiro atoms. The van der Waals surface area contributed by atoms with Gasteiger partial charge in [0.25, 0.3) is 0 Å². The van der Waals surface area contributed by atoms with E-state index in [4.69, 9.17) is 16.3 Å². The van der Waals surface area contributed by atoms with E-state index in [2.05, 4.69) is 41.9 Å². The number of hydrogen-bond donors (Lipinski definition) is 0. The van der Waals surface area contributed by atoms with Crippen molar-refractivity contribution in [3.63, 3.8) is 0 Å². The Balaban J connectivity index is 1.89. The molecule has 0 fully saturated rings. The average Bonchev–Trinajstić information content (AvgIpc) is 2.58. The molecule has 2 aromatic rings. The normalized spacial score (nSPS) is 10.5. The standard InChI is InChI=1S/C10H8Br2ClN3O/c11-9-14-10(12)16(15-9)4-5-17-8-3-1-2-7(13)6-8/h1-3,6H,4-5H2. The smallest absolute Gasteiger partial charge is 0.218 e. The molecule has 1 heterocycles. The van der Waals surface area contributed by atoms with Crippen LogP contribution >= 0.6 is 43.5 Å². The van der Waals surface area contributed by atoms with Crippen molar-refractivity contribution in [3.8, 4) is 5.75 Å². The van der Waals surface area contributed by atoms with Crippen LogP contribution in [0.15, 0.2) is 33.7 Å². The van der Waals surface area contributed by atoms with E-state index in [9.17, 15) is 0 Å². The molecule has 0 N–H and O–H groups in total. The lowest BCUT2D eigenvalue weighted by molar-refractivity contribution is 0.289. The Labute approximate surface area is 120 Å². The van der Waals surface area contributed by atoms with Gasteiger partial charge in [-0.3, -0.25) is 0 Å². The molecule has 0 radical (unpaired) electrons. The third-order valence-electron chi connectivity index (χ3n) is 1.97. The largest absolute Gasteiger partial charge is 0.492 e. The minimum absolute atomic E-state index is 0.495. The predicted molar refractivity (Wildman–Crippen MR) is 72.4 cm³/mol. The zero-order chi connectivity index (χ0) is 12.3. The molecular formula is C10H8Br2ClN3O. The first-order valence-corrected chi connectivity index (χ1v) is 6.76. The van der Waals surface area contributed by atoms with Gasteiger partial charge in [-0.25, -0.2) is 4.68 Å². The van der Waals surface area contributed by atoms with Gasteiger partial charge in [0, 0.05) is 5.02 Å². The maximum absolute atomic E-state index is 5.85. The Kier molecular flexibility index (Phi) is 4.42. The highest BCUT2D eigenvalue weighted by atomic mass is 79.9. The van der Waals surface area contributed by atoms with Crippen molar-refractivity contribution < 1.29 is 4.74 Å². The molecule has 0 aliphatic rings. The Morgan fingerprint density at radius 1 is 1.35 bits per heavy atom. The molecule has 0 aliphatic carbocycles. The first kappa shape index (κ1) is 12.9. The van der Waals surface area contributed by atoms with Gasteiger partial charge in [0.15, 0.2) is 4.73 Å². The Hall–Kier alpha value is -0.590. The van der Waals surface area contributed by atoms with Gasteiger partial charge in [0.1, 0.15) is 12.4 Å². The first-order valence-electron chi connectivity index (χ1n) is 4.79. The molecule has 0 saturated carbocycles. The molecule has 90 valence electrons. The van der Waals surface area contributed by atoms with Crippen LogP contribution in [0.25, 0.3) is 0 Å². The van der Waals surface area contributed by atoms with Gasteiger partial charge in [0.05, 0.1) is 6.54 Å². The lowest BCUT2D eigenvalue weighted by atomic mass is 10.3. The number of aromatic nitrogens is 3. The van der Waals surface area contributed by atoms with E-state index in [0.717, 1.165) is 5.75 Å². The summed E-state index contributed by atoms with van der Waals surface area (Å²) in [5, 5.41) is 4.79. The Bertz CT molecular complexity index is 518. The van der Waals surface area contributed by atoms with Gasteiger partial charge in [-0.05, 0) is 50.1 Å². The van der Waals surface area contributed by atoms with E-state index in [-0.39, 0.29) is 0 Å². The molecule has 17 heavy (non-hydrogen) atoms. The zero-order valence-corrected chi connectivity index (χ0v) is 12.5. The van der Waals surface area contributed by atoms with Crippen LogP contribution in [-0.4, -0.2) is 21.4 Å². The molecule has 1 aromatic heterocycles. The second-order valence-corrected chi connectivity index (χ2v) is 5.03. The van der Waals surface area contributed by atoms with Gasteiger partial charge in [-0.15, -0.1) is 5.10 Å². The highest BCUT2D eigenvalue weighted by molar-refractivity contribution is 9.11. The molecule has 0 atom stereocenters. The highest BCUT2D eigenvalue weighted by Crippen LogP contribution is 2.17. The summed E-state index contributed by atoms with van der Waals surface area (Å²) in [7, 11) is 0. The maximum Gasteiger partial charge on any atom is 0.218 e. The topological polar surface area (TPSA) is 39.9 Å². The summed E-state index contributed by atoms with van der Waals surface area (Å²) in [6.07, 6.45) is 0. The van der Waals surface area contributed by atoms with Crippen LogP contribution in [0.3, 0.4) is 0 Å². The van der Waals surface area contributed by atoms with E-state index in [1.54, 1.807) is 16.8 Å². The zero-order valence-electron chi connectivity index (χ0n) is 8.61. The summed E-state index contributed by atoms with van der Waals surface area (Å²) in [4.78, 5) is 4.06. The summed E-state index contributed by atoms with van der Waals surface area (Å²) in [5.74, 6) is 0.743. The van der Waals surface area contributed by atoms with Crippen molar-refractivity contribution in [1.29, 1.82) is 0 Å². The van der Waals surface area contributed by atoms with Gasteiger partial charge >= 0.3 is 0 Å². The molecule has 0 bridgehead atoms. The van der Waals surface area contributed by atoms with Crippen LogP contribution in [0.2, 0.25) is 5.02 Å². The monoisotopic (exact) mass is 379 g/mol. The SMILES string of the molecule is Clc1cccc(OCCn2nc(Br)nc2Br)c1. The van der Waals surface area contributed by atoms with Crippen molar-refractivity contribution in [2.45, 2.75) is 6.54 Å². The second kappa shape index (κ2) is 5.84. The van der Waals surface area contributed by atoms with E-state index < -0.39 is 0 Å². The van der Waals surface area contributed by atoms with Crippen LogP contribution in [0.4, 0.5) is 0 Å². The molecule has 0 unspecified atom stereocenters. The predicted octanol–water partition coefficient (Wildman–Crippen LogP) is 3.54. The van der Waals surface area contributed by atoms with Crippen molar-refractivity contribution >= 4 is 43.5 Å². The van der Waals surface area contributed by atoms with E-state index in [1.807, 2.05) is 12.1 Å². The van der Waals surface area contributed by atoms with Crippen molar-refractivity contribution in [1.82, 2.24) is 14.8 Å². The molecule has 4 nitrogen and oxygen atoms in total. The van der Waals surface area contributed by atoms with Crippen LogP contribution in [0, 0.1) is 0 Å². The fraction of sp³-hybridized carbons (Fsp3) is 0.200. The Morgan fingerprint density at radius 2 is 2.18 bits per heavy atom. The number of ether oxygens (including phenoxy) is 1. The van der Waals surface area contributed by atoms with Crippen LogP contribution < -0.4 is 4.74 Å². The number of halogens is 3. The van der Waals surface area contributed by atoms with Crippen LogP contribution in [-0.2, 0) is 6.54 Å². The third-order valence-corrected chi connectivity index (χ3v) is 3.13. The second-order valence-electron chi connectivity index (χ2n) is 3.18. The molecular weight excluding hydrogens is 373 g/mol. The molecule has 0 aliphatic heterocycles. The molecule has 7 heteroatoms. The minimum atomic E-state index is 0.495. The maximum atomic E-state index is 5.85. The van der Waals surface area contributed by atoms with Crippen molar-refractivity contribution in [3.05, 3.63) is 38.8 Å². The summed E-state index contributed by atoms with van der Waals surface area (Å²) in [5.41, 5.74) is 0. The average molecular weight is 381 g/mol. The summed E-state index contributed by atoms with van der Waals surface area (Å²) in [6, 6.07) is 7.28. The molecule has 1 aromatic carbocycles. The number of benzene rings is 1. The number of rotatable bonds is 4. The van der Waals surface area contributed by atoms with Crippen LogP contribution in [0.5, 0.6) is 5.75 Å². The van der Waals surface area contributed by atoms with Crippen molar-refractivity contribution in [2.75, 3.05) is 6.61 Å². The van der Waals surface area contributed by atoms with Gasteiger partial charge in [-0.1, -0.05) is 17.7 Å². The van der Waals surface area contributed by atoms with Gasteiger partial charge < -0.3 is 4.74 Å². The first-order chi connectivity index (χ1) is 8.15. The van der Waals surface area contributed by atoms with E-state index in [0.29, 0.717) is 27.6 Å². The lowest BCUT2D eigenvalue weighted by Crippen LogP contribution is -2.09. The quantitative estimate of drug-likeness (QED) is 0.813.